The molecule has 9 heteroatoms. The molecule has 9 nitrogen and oxygen atoms in total. The maximum absolute atomic E-state index is 12.4. The fraction of sp³-hybridized carbons (Fsp3) is 0.412. The third-order valence-corrected chi connectivity index (χ3v) is 3.65. The predicted molar refractivity (Wildman–Crippen MR) is 91.0 cm³/mol. The van der Waals surface area contributed by atoms with Crippen molar-refractivity contribution in [3.63, 3.8) is 0 Å². The Bertz CT molecular complexity index is 836. The first kappa shape index (κ1) is 19.2. The third-order valence-electron chi connectivity index (χ3n) is 3.65. The topological polar surface area (TPSA) is 124 Å². The molecule has 0 radical (unpaired) electrons. The minimum Gasteiger partial charge on any atom is -0.461 e. The van der Waals surface area contributed by atoms with Gasteiger partial charge in [0.2, 0.25) is 0 Å². The van der Waals surface area contributed by atoms with E-state index in [1.807, 2.05) is 0 Å². The van der Waals surface area contributed by atoms with Crippen molar-refractivity contribution in [2.45, 2.75) is 40.7 Å². The van der Waals surface area contributed by atoms with Gasteiger partial charge >= 0.3 is 11.9 Å². The summed E-state index contributed by atoms with van der Waals surface area (Å²) in [5.74, 6) is -1.06. The van der Waals surface area contributed by atoms with Crippen molar-refractivity contribution < 1.29 is 28.4 Å². The first-order valence-corrected chi connectivity index (χ1v) is 8.06. The monoisotopic (exact) mass is 363 g/mol. The summed E-state index contributed by atoms with van der Waals surface area (Å²) < 4.78 is 15.0. The van der Waals surface area contributed by atoms with Crippen LogP contribution < -0.4 is 5.32 Å². The minimum absolute atomic E-state index is 0.187. The summed E-state index contributed by atoms with van der Waals surface area (Å²) in [4.78, 5) is 39.3. The lowest BCUT2D eigenvalue weighted by atomic mass is 10.1. The molecule has 0 spiro atoms. The Morgan fingerprint density at radius 3 is 2.54 bits per heavy atom. The Morgan fingerprint density at radius 1 is 1.27 bits per heavy atom. The molecular formula is C17H21N3O6. The molecule has 0 saturated carbocycles. The van der Waals surface area contributed by atoms with Crippen molar-refractivity contribution in [2.75, 3.05) is 11.9 Å². The lowest BCUT2D eigenvalue weighted by molar-refractivity contribution is -0.123. The third kappa shape index (κ3) is 4.11. The van der Waals surface area contributed by atoms with E-state index >= 15 is 0 Å². The van der Waals surface area contributed by atoms with Crippen LogP contribution in [-0.4, -0.2) is 40.7 Å². The van der Waals surface area contributed by atoms with E-state index in [4.69, 9.17) is 14.0 Å². The van der Waals surface area contributed by atoms with Crippen LogP contribution in [0.15, 0.2) is 10.6 Å². The molecule has 0 aliphatic heterocycles. The summed E-state index contributed by atoms with van der Waals surface area (Å²) in [6.45, 7) is 8.27. The number of nitrogens with one attached hydrogen (secondary N) is 2. The highest BCUT2D eigenvalue weighted by molar-refractivity contribution is 6.00. The number of aryl methyl sites for hydroxylation is 2. The van der Waals surface area contributed by atoms with Crippen molar-refractivity contribution in [1.29, 1.82) is 0 Å². The first-order valence-electron chi connectivity index (χ1n) is 8.06. The second kappa shape index (κ2) is 7.85. The van der Waals surface area contributed by atoms with Gasteiger partial charge in [-0.2, -0.15) is 0 Å². The molecule has 0 aliphatic carbocycles. The Kier molecular flexibility index (Phi) is 5.81. The van der Waals surface area contributed by atoms with Crippen LogP contribution in [0, 0.1) is 20.8 Å². The molecule has 140 valence electrons. The Morgan fingerprint density at radius 2 is 1.96 bits per heavy atom. The zero-order valence-electron chi connectivity index (χ0n) is 15.3. The van der Waals surface area contributed by atoms with Crippen LogP contribution in [0.25, 0.3) is 0 Å². The van der Waals surface area contributed by atoms with Gasteiger partial charge in [-0.3, -0.25) is 4.79 Å². The molecule has 1 amide bonds. The highest BCUT2D eigenvalue weighted by Gasteiger charge is 2.27. The van der Waals surface area contributed by atoms with Crippen LogP contribution in [0.4, 0.5) is 5.82 Å². The summed E-state index contributed by atoms with van der Waals surface area (Å²) in [5.41, 5.74) is 1.25. The quantitative estimate of drug-likeness (QED) is 0.755. The number of aromatic amines is 1. The number of hydrogen-bond donors (Lipinski definition) is 2. The van der Waals surface area contributed by atoms with Gasteiger partial charge in [0.1, 0.15) is 11.5 Å². The number of amides is 1. The van der Waals surface area contributed by atoms with Gasteiger partial charge in [0, 0.05) is 11.8 Å². The number of rotatable bonds is 6. The molecule has 2 rings (SSSR count). The van der Waals surface area contributed by atoms with Gasteiger partial charge in [0.15, 0.2) is 11.9 Å². The van der Waals surface area contributed by atoms with Gasteiger partial charge in [-0.25, -0.2) is 9.59 Å². The van der Waals surface area contributed by atoms with E-state index in [1.165, 1.54) is 6.92 Å². The molecule has 0 bridgehead atoms. The van der Waals surface area contributed by atoms with Crippen LogP contribution in [0.5, 0.6) is 0 Å². The Hall–Kier alpha value is -3.10. The maximum atomic E-state index is 12.4. The highest BCUT2D eigenvalue weighted by Crippen LogP contribution is 2.20. The molecule has 0 aliphatic rings. The SMILES string of the molecule is CCOC(=O)c1[nH]c(C)c(C(=O)OC(C)C(=O)Nc2cc(C)on2)c1C. The number of anilines is 1. The van der Waals surface area contributed by atoms with E-state index in [-0.39, 0.29) is 23.7 Å². The summed E-state index contributed by atoms with van der Waals surface area (Å²) in [7, 11) is 0. The fourth-order valence-electron chi connectivity index (χ4n) is 2.39. The van der Waals surface area contributed by atoms with E-state index in [2.05, 4.69) is 15.5 Å². The number of H-pyrrole nitrogens is 1. The predicted octanol–water partition coefficient (Wildman–Crippen LogP) is 2.29. The molecule has 2 aromatic heterocycles. The van der Waals surface area contributed by atoms with Crippen molar-refractivity contribution in [3.8, 4) is 0 Å². The molecule has 2 N–H and O–H groups in total. The van der Waals surface area contributed by atoms with Gasteiger partial charge in [0.25, 0.3) is 5.91 Å². The van der Waals surface area contributed by atoms with Gasteiger partial charge in [-0.15, -0.1) is 0 Å². The number of esters is 2. The molecular weight excluding hydrogens is 342 g/mol. The zero-order valence-corrected chi connectivity index (χ0v) is 15.3. The van der Waals surface area contributed by atoms with Crippen molar-refractivity contribution in [1.82, 2.24) is 10.1 Å². The molecule has 1 atom stereocenters. The number of carbonyl (C=O) groups excluding carboxylic acids is 3. The normalized spacial score (nSPS) is 11.7. The van der Waals surface area contributed by atoms with Crippen molar-refractivity contribution in [3.05, 3.63) is 34.3 Å². The van der Waals surface area contributed by atoms with E-state index in [0.29, 0.717) is 17.0 Å². The molecule has 2 heterocycles. The number of aromatic nitrogens is 2. The Labute approximate surface area is 150 Å². The molecule has 1 unspecified atom stereocenters. The lowest BCUT2D eigenvalue weighted by Gasteiger charge is -2.12. The minimum atomic E-state index is -1.07. The summed E-state index contributed by atoms with van der Waals surface area (Å²) in [5, 5.41) is 6.13. The Balaban J connectivity index is 2.09. The summed E-state index contributed by atoms with van der Waals surface area (Å²) in [6, 6.07) is 1.54. The molecule has 0 saturated heterocycles. The molecule has 2 aromatic rings. The summed E-state index contributed by atoms with van der Waals surface area (Å²) >= 11 is 0. The summed E-state index contributed by atoms with van der Waals surface area (Å²) in [6.07, 6.45) is -1.07. The standard InChI is InChI=1S/C17H21N3O6/c1-6-24-17(23)14-9(3)13(10(4)18-14)16(22)25-11(5)15(21)19-12-7-8(2)26-20-12/h7,11,18H,6H2,1-5H3,(H,19,20,21). The number of carbonyl (C=O) groups is 3. The molecule has 26 heavy (non-hydrogen) atoms. The molecule has 0 fully saturated rings. The van der Waals surface area contributed by atoms with Crippen LogP contribution in [0.2, 0.25) is 0 Å². The maximum Gasteiger partial charge on any atom is 0.355 e. The average molecular weight is 363 g/mol. The lowest BCUT2D eigenvalue weighted by Crippen LogP contribution is -2.30. The van der Waals surface area contributed by atoms with E-state index < -0.39 is 23.9 Å². The van der Waals surface area contributed by atoms with Gasteiger partial charge in [-0.05, 0) is 40.2 Å². The van der Waals surface area contributed by atoms with Crippen molar-refractivity contribution >= 4 is 23.7 Å². The van der Waals surface area contributed by atoms with E-state index in [0.717, 1.165) is 0 Å². The smallest absolute Gasteiger partial charge is 0.355 e. The second-order valence-electron chi connectivity index (χ2n) is 5.71. The van der Waals surface area contributed by atoms with E-state index in [9.17, 15) is 14.4 Å². The van der Waals surface area contributed by atoms with Gasteiger partial charge < -0.3 is 24.3 Å². The van der Waals surface area contributed by atoms with Crippen LogP contribution >= 0.6 is 0 Å². The molecule has 0 aromatic carbocycles. The first-order chi connectivity index (χ1) is 12.2. The van der Waals surface area contributed by atoms with Crippen LogP contribution in [0.3, 0.4) is 0 Å². The van der Waals surface area contributed by atoms with Crippen molar-refractivity contribution in [2.24, 2.45) is 0 Å². The number of hydrogen-bond acceptors (Lipinski definition) is 7. The van der Waals surface area contributed by atoms with Crippen LogP contribution in [0.1, 0.15) is 51.7 Å². The average Bonchev–Trinajstić information content (AvgIpc) is 3.10. The van der Waals surface area contributed by atoms with Gasteiger partial charge in [0.05, 0.1) is 12.2 Å². The largest absolute Gasteiger partial charge is 0.461 e. The number of nitrogens with zero attached hydrogens (tertiary/aromatic N) is 1. The fourth-order valence-corrected chi connectivity index (χ4v) is 2.39. The number of ether oxygens (including phenoxy) is 2. The zero-order chi connectivity index (χ0) is 19.4. The van der Waals surface area contributed by atoms with E-state index in [1.54, 1.807) is 33.8 Å². The van der Waals surface area contributed by atoms with Gasteiger partial charge in [-0.1, -0.05) is 5.16 Å². The van der Waals surface area contributed by atoms with Crippen LogP contribution in [-0.2, 0) is 14.3 Å². The highest BCUT2D eigenvalue weighted by atomic mass is 16.5. The second-order valence-corrected chi connectivity index (χ2v) is 5.71.